The second kappa shape index (κ2) is 9.13. The van der Waals surface area contributed by atoms with Gasteiger partial charge in [0.2, 0.25) is 0 Å². The van der Waals surface area contributed by atoms with Gasteiger partial charge in [0.15, 0.2) is 0 Å². The molecule has 1 aromatic rings. The number of hydrogen-bond acceptors (Lipinski definition) is 3. The second-order valence-electron chi connectivity index (χ2n) is 5.54. The first-order valence-corrected chi connectivity index (χ1v) is 6.70. The van der Waals surface area contributed by atoms with E-state index in [1.54, 1.807) is 19.1 Å². The van der Waals surface area contributed by atoms with Crippen molar-refractivity contribution in [1.82, 2.24) is 0 Å². The van der Waals surface area contributed by atoms with Crippen LogP contribution in [0.4, 0.5) is 0 Å². The Labute approximate surface area is 120 Å². The van der Waals surface area contributed by atoms with Crippen molar-refractivity contribution in [3.05, 3.63) is 35.9 Å². The number of carbonyl (C=O) groups excluding carboxylic acids is 1. The molecule has 0 saturated heterocycles. The lowest BCUT2D eigenvalue weighted by atomic mass is 9.91. The maximum atomic E-state index is 11.0. The number of aliphatic carboxylic acids is 1. The van der Waals surface area contributed by atoms with Gasteiger partial charge >= 0.3 is 11.9 Å². The first-order valence-electron chi connectivity index (χ1n) is 6.70. The van der Waals surface area contributed by atoms with E-state index < -0.39 is 5.97 Å². The summed E-state index contributed by atoms with van der Waals surface area (Å²) in [4.78, 5) is 21.1. The van der Waals surface area contributed by atoms with Crippen molar-refractivity contribution < 1.29 is 19.4 Å². The maximum absolute atomic E-state index is 11.0. The van der Waals surface area contributed by atoms with Crippen LogP contribution in [0.15, 0.2) is 30.3 Å². The van der Waals surface area contributed by atoms with Crippen molar-refractivity contribution >= 4 is 11.9 Å². The molecule has 0 aromatic heterocycles. The average Bonchev–Trinajstić information content (AvgIpc) is 2.38. The standard InChI is InChI=1S/C9H10O2.C7H14O2/c1-2-11-9(10)8-6-4-3-5-7-8;1-7(2,3)5-4-6(8)9/h3-7H,2H2,1H3;4-5H2,1-3H3,(H,8,9). The molecule has 0 unspecified atom stereocenters. The minimum atomic E-state index is -0.704. The topological polar surface area (TPSA) is 63.6 Å². The molecule has 4 heteroatoms. The van der Waals surface area contributed by atoms with Crippen LogP contribution in [0.3, 0.4) is 0 Å². The Hall–Kier alpha value is -1.84. The van der Waals surface area contributed by atoms with Crippen LogP contribution in [-0.4, -0.2) is 23.7 Å². The molecule has 0 amide bonds. The third-order valence-electron chi connectivity index (χ3n) is 2.37. The van der Waals surface area contributed by atoms with E-state index in [1.807, 2.05) is 39.0 Å². The second-order valence-corrected chi connectivity index (χ2v) is 5.54. The van der Waals surface area contributed by atoms with Crippen molar-refractivity contribution in [3.8, 4) is 0 Å². The molecule has 0 aliphatic carbocycles. The van der Waals surface area contributed by atoms with Gasteiger partial charge in [0.05, 0.1) is 12.2 Å². The maximum Gasteiger partial charge on any atom is 0.338 e. The Bertz CT molecular complexity index is 404. The van der Waals surface area contributed by atoms with Crippen molar-refractivity contribution in [2.75, 3.05) is 6.61 Å². The predicted molar refractivity (Wildman–Crippen MR) is 78.7 cm³/mol. The summed E-state index contributed by atoms with van der Waals surface area (Å²) in [5, 5.41) is 8.28. The summed E-state index contributed by atoms with van der Waals surface area (Å²) < 4.78 is 4.79. The third kappa shape index (κ3) is 10.1. The summed E-state index contributed by atoms with van der Waals surface area (Å²) in [6, 6.07) is 8.96. The van der Waals surface area contributed by atoms with Gasteiger partial charge in [-0.1, -0.05) is 39.0 Å². The lowest BCUT2D eigenvalue weighted by Crippen LogP contribution is -2.07. The number of carboxylic acid groups (broad SMARTS) is 1. The first-order chi connectivity index (χ1) is 9.26. The van der Waals surface area contributed by atoms with Crippen LogP contribution in [0.2, 0.25) is 0 Å². The van der Waals surface area contributed by atoms with E-state index in [9.17, 15) is 9.59 Å². The van der Waals surface area contributed by atoms with Crippen molar-refractivity contribution in [1.29, 1.82) is 0 Å². The molecule has 0 bridgehead atoms. The molecule has 1 N–H and O–H groups in total. The Kier molecular flexibility index (Phi) is 8.29. The molecule has 112 valence electrons. The fourth-order valence-corrected chi connectivity index (χ4v) is 1.27. The molecule has 0 aliphatic rings. The molecule has 0 fully saturated rings. The zero-order valence-electron chi connectivity index (χ0n) is 12.7. The van der Waals surface area contributed by atoms with E-state index in [2.05, 4.69) is 0 Å². The summed E-state index contributed by atoms with van der Waals surface area (Å²) in [6.45, 7) is 8.33. The molecular weight excluding hydrogens is 256 g/mol. The lowest BCUT2D eigenvalue weighted by Gasteiger charge is -2.15. The number of ether oxygens (including phenoxy) is 1. The Morgan fingerprint density at radius 1 is 1.15 bits per heavy atom. The van der Waals surface area contributed by atoms with Crippen LogP contribution >= 0.6 is 0 Å². The molecule has 4 nitrogen and oxygen atoms in total. The highest BCUT2D eigenvalue weighted by Crippen LogP contribution is 2.19. The average molecular weight is 280 g/mol. The van der Waals surface area contributed by atoms with Gasteiger partial charge in [0.25, 0.3) is 0 Å². The van der Waals surface area contributed by atoms with E-state index >= 15 is 0 Å². The van der Waals surface area contributed by atoms with Gasteiger partial charge in [0, 0.05) is 6.42 Å². The lowest BCUT2D eigenvalue weighted by molar-refractivity contribution is -0.137. The molecule has 0 heterocycles. The van der Waals surface area contributed by atoms with Gasteiger partial charge in [-0.15, -0.1) is 0 Å². The number of carbonyl (C=O) groups is 2. The summed E-state index contributed by atoms with van der Waals surface area (Å²) in [7, 11) is 0. The summed E-state index contributed by atoms with van der Waals surface area (Å²) >= 11 is 0. The van der Waals surface area contributed by atoms with Crippen molar-refractivity contribution in [2.45, 2.75) is 40.5 Å². The van der Waals surface area contributed by atoms with Gasteiger partial charge in [-0.2, -0.15) is 0 Å². The van der Waals surface area contributed by atoms with Crippen LogP contribution < -0.4 is 0 Å². The Morgan fingerprint density at radius 3 is 2.05 bits per heavy atom. The Morgan fingerprint density at radius 2 is 1.70 bits per heavy atom. The van der Waals surface area contributed by atoms with E-state index in [-0.39, 0.29) is 17.8 Å². The minimum absolute atomic E-state index is 0.151. The molecule has 0 aliphatic heterocycles. The third-order valence-corrected chi connectivity index (χ3v) is 2.37. The molecule has 0 saturated carbocycles. The smallest absolute Gasteiger partial charge is 0.338 e. The summed E-state index contributed by atoms with van der Waals surface area (Å²) in [5.41, 5.74) is 0.757. The fourth-order valence-electron chi connectivity index (χ4n) is 1.27. The van der Waals surface area contributed by atoms with Gasteiger partial charge in [-0.25, -0.2) is 4.79 Å². The monoisotopic (exact) mass is 280 g/mol. The largest absolute Gasteiger partial charge is 0.481 e. The van der Waals surface area contributed by atoms with E-state index in [1.165, 1.54) is 0 Å². The van der Waals surface area contributed by atoms with Gasteiger partial charge < -0.3 is 9.84 Å². The van der Waals surface area contributed by atoms with Crippen LogP contribution in [0, 0.1) is 5.41 Å². The zero-order valence-corrected chi connectivity index (χ0v) is 12.7. The molecule has 0 atom stereocenters. The highest BCUT2D eigenvalue weighted by Gasteiger charge is 2.11. The minimum Gasteiger partial charge on any atom is -0.481 e. The van der Waals surface area contributed by atoms with Crippen LogP contribution in [0.1, 0.15) is 50.9 Å². The van der Waals surface area contributed by atoms with Crippen LogP contribution in [0.25, 0.3) is 0 Å². The molecule has 0 radical (unpaired) electrons. The predicted octanol–water partition coefficient (Wildman–Crippen LogP) is 3.76. The quantitative estimate of drug-likeness (QED) is 0.853. The number of carboxylic acids is 1. The van der Waals surface area contributed by atoms with Gasteiger partial charge in [-0.05, 0) is 30.9 Å². The highest BCUT2D eigenvalue weighted by molar-refractivity contribution is 5.89. The SMILES string of the molecule is CC(C)(C)CCC(=O)O.CCOC(=O)c1ccccc1. The molecule has 0 spiro atoms. The summed E-state index contributed by atoms with van der Waals surface area (Å²) in [6.07, 6.45) is 1.03. The highest BCUT2D eigenvalue weighted by atomic mass is 16.5. The molecule has 1 aromatic carbocycles. The Balaban J connectivity index is 0.000000370. The first kappa shape index (κ1) is 18.2. The van der Waals surface area contributed by atoms with E-state index in [0.29, 0.717) is 12.2 Å². The number of benzene rings is 1. The summed E-state index contributed by atoms with van der Waals surface area (Å²) in [5.74, 6) is -0.960. The van der Waals surface area contributed by atoms with E-state index in [4.69, 9.17) is 9.84 Å². The normalized spacial score (nSPS) is 10.2. The fraction of sp³-hybridized carbons (Fsp3) is 0.500. The van der Waals surface area contributed by atoms with Gasteiger partial charge in [0.1, 0.15) is 0 Å². The van der Waals surface area contributed by atoms with E-state index in [0.717, 1.165) is 6.42 Å². The van der Waals surface area contributed by atoms with Crippen LogP contribution in [-0.2, 0) is 9.53 Å². The number of rotatable bonds is 4. The molecule has 20 heavy (non-hydrogen) atoms. The zero-order chi connectivity index (χ0) is 15.6. The molecule has 1 rings (SSSR count). The molecular formula is C16H24O4. The van der Waals surface area contributed by atoms with Crippen molar-refractivity contribution in [3.63, 3.8) is 0 Å². The van der Waals surface area contributed by atoms with Gasteiger partial charge in [-0.3, -0.25) is 4.79 Å². The van der Waals surface area contributed by atoms with Crippen LogP contribution in [0.5, 0.6) is 0 Å². The van der Waals surface area contributed by atoms with Crippen molar-refractivity contribution in [2.24, 2.45) is 5.41 Å². The number of hydrogen-bond donors (Lipinski definition) is 1. The number of esters is 1.